The van der Waals surface area contributed by atoms with E-state index < -0.39 is 0 Å². The Morgan fingerprint density at radius 1 is 1.00 bits per heavy atom. The molecule has 4 heterocycles. The number of rotatable bonds is 7. The molecule has 4 aromatic rings. The molecule has 5 rings (SSSR count). The van der Waals surface area contributed by atoms with Gasteiger partial charge in [0, 0.05) is 42.9 Å². The zero-order chi connectivity index (χ0) is 24.2. The largest absolute Gasteiger partial charge is 0.352 e. The minimum absolute atomic E-state index is 0.0535. The lowest BCUT2D eigenvalue weighted by molar-refractivity contribution is -0.116. The summed E-state index contributed by atoms with van der Waals surface area (Å²) in [5.74, 6) is 0.768. The normalized spacial score (nSPS) is 17.3. The number of aromatic nitrogens is 3. The molecule has 8 heteroatoms. The standard InChI is InChI=1S/C27H26N6OS/c1-19-9-2-3-10-20(19)30-24(34)14-18-33-26(25(31-27(33)35)21-11-4-6-15-28-21)22-12-8-17-32(22)23-13-5-7-16-29-23/h2-13,15-17,25-26H,14,18H2,1H3,(H,30,34)(H,31,35)/t25-,26+/m1/s1. The van der Waals surface area contributed by atoms with Crippen molar-refractivity contribution in [1.82, 2.24) is 24.8 Å². The summed E-state index contributed by atoms with van der Waals surface area (Å²) >= 11 is 5.76. The fraction of sp³-hybridized carbons (Fsp3) is 0.185. The summed E-state index contributed by atoms with van der Waals surface area (Å²) in [6, 6.07) is 23.2. The molecule has 1 saturated heterocycles. The fourth-order valence-corrected chi connectivity index (χ4v) is 4.79. The highest BCUT2D eigenvalue weighted by Crippen LogP contribution is 2.39. The maximum absolute atomic E-state index is 12.8. The number of hydrogen-bond acceptors (Lipinski definition) is 4. The minimum atomic E-state index is -0.166. The van der Waals surface area contributed by atoms with Gasteiger partial charge in [0.05, 0.1) is 17.8 Å². The van der Waals surface area contributed by atoms with Crippen molar-refractivity contribution < 1.29 is 4.79 Å². The van der Waals surface area contributed by atoms with Gasteiger partial charge in [-0.05, 0) is 67.2 Å². The third-order valence-electron chi connectivity index (χ3n) is 6.18. The molecular weight excluding hydrogens is 456 g/mol. The number of nitrogens with one attached hydrogen (secondary N) is 2. The number of anilines is 1. The fourth-order valence-electron chi connectivity index (χ4n) is 4.46. The summed E-state index contributed by atoms with van der Waals surface area (Å²) in [7, 11) is 0. The van der Waals surface area contributed by atoms with Crippen molar-refractivity contribution >= 4 is 28.9 Å². The second-order valence-corrected chi connectivity index (χ2v) is 8.81. The van der Waals surface area contributed by atoms with Crippen molar-refractivity contribution in [2.75, 3.05) is 11.9 Å². The van der Waals surface area contributed by atoms with Gasteiger partial charge in [-0.2, -0.15) is 0 Å². The first-order valence-corrected chi connectivity index (χ1v) is 11.9. The van der Waals surface area contributed by atoms with Crippen LogP contribution in [0.5, 0.6) is 0 Å². The van der Waals surface area contributed by atoms with Gasteiger partial charge in [-0.25, -0.2) is 4.98 Å². The van der Waals surface area contributed by atoms with Crippen LogP contribution in [0.2, 0.25) is 0 Å². The molecule has 0 radical (unpaired) electrons. The van der Waals surface area contributed by atoms with Gasteiger partial charge in [0.25, 0.3) is 0 Å². The van der Waals surface area contributed by atoms with E-state index in [0.717, 1.165) is 28.5 Å². The van der Waals surface area contributed by atoms with Crippen LogP contribution in [-0.4, -0.2) is 37.0 Å². The molecule has 0 saturated carbocycles. The smallest absolute Gasteiger partial charge is 0.226 e. The van der Waals surface area contributed by atoms with Crippen LogP contribution in [0.3, 0.4) is 0 Å². The Balaban J connectivity index is 1.44. The molecule has 7 nitrogen and oxygen atoms in total. The van der Waals surface area contributed by atoms with Crippen LogP contribution in [0.25, 0.3) is 5.82 Å². The number of carbonyl (C=O) groups excluding carboxylic acids is 1. The summed E-state index contributed by atoms with van der Waals surface area (Å²) in [6.45, 7) is 2.44. The first-order valence-electron chi connectivity index (χ1n) is 11.5. The van der Waals surface area contributed by atoms with Gasteiger partial charge in [-0.1, -0.05) is 30.3 Å². The van der Waals surface area contributed by atoms with Crippen LogP contribution in [-0.2, 0) is 4.79 Å². The van der Waals surface area contributed by atoms with E-state index in [-0.39, 0.29) is 18.0 Å². The Hall–Kier alpha value is -4.04. The molecule has 35 heavy (non-hydrogen) atoms. The predicted octanol–water partition coefficient (Wildman–Crippen LogP) is 4.58. The van der Waals surface area contributed by atoms with E-state index in [1.807, 2.05) is 79.9 Å². The molecule has 0 spiro atoms. The average molecular weight is 483 g/mol. The number of carbonyl (C=O) groups is 1. The van der Waals surface area contributed by atoms with Crippen molar-refractivity contribution in [1.29, 1.82) is 0 Å². The van der Waals surface area contributed by atoms with Gasteiger partial charge in [-0.15, -0.1) is 0 Å². The Kier molecular flexibility index (Phi) is 6.54. The van der Waals surface area contributed by atoms with Gasteiger partial charge in [-0.3, -0.25) is 9.78 Å². The number of aryl methyl sites for hydroxylation is 1. The average Bonchev–Trinajstić information content (AvgIpc) is 3.49. The summed E-state index contributed by atoms with van der Waals surface area (Å²) in [5.41, 5.74) is 3.76. The number of thiocarbonyl (C=S) groups is 1. The van der Waals surface area contributed by atoms with Crippen molar-refractivity contribution in [2.45, 2.75) is 25.4 Å². The molecule has 1 aliphatic rings. The third-order valence-corrected chi connectivity index (χ3v) is 6.53. The van der Waals surface area contributed by atoms with E-state index in [9.17, 15) is 4.79 Å². The van der Waals surface area contributed by atoms with Crippen molar-refractivity contribution in [2.24, 2.45) is 0 Å². The highest BCUT2D eigenvalue weighted by Gasteiger charge is 2.41. The number of nitrogens with zero attached hydrogens (tertiary/aromatic N) is 4. The molecule has 2 N–H and O–H groups in total. The first-order chi connectivity index (χ1) is 17.1. The molecule has 3 aromatic heterocycles. The minimum Gasteiger partial charge on any atom is -0.352 e. The van der Waals surface area contributed by atoms with Crippen LogP contribution in [0, 0.1) is 6.92 Å². The highest BCUT2D eigenvalue weighted by atomic mass is 32.1. The van der Waals surface area contributed by atoms with E-state index in [1.54, 1.807) is 12.4 Å². The highest BCUT2D eigenvalue weighted by molar-refractivity contribution is 7.80. The number of amides is 1. The molecule has 1 aromatic carbocycles. The van der Waals surface area contributed by atoms with Crippen LogP contribution in [0.4, 0.5) is 5.69 Å². The quantitative estimate of drug-likeness (QED) is 0.376. The van der Waals surface area contributed by atoms with E-state index >= 15 is 0 Å². The molecule has 2 atom stereocenters. The monoisotopic (exact) mass is 482 g/mol. The summed E-state index contributed by atoms with van der Waals surface area (Å²) in [4.78, 5) is 24.1. The number of hydrogen-bond donors (Lipinski definition) is 2. The van der Waals surface area contributed by atoms with Gasteiger partial charge in [0.2, 0.25) is 5.91 Å². The van der Waals surface area contributed by atoms with Gasteiger partial charge in [0.1, 0.15) is 5.82 Å². The van der Waals surface area contributed by atoms with Crippen molar-refractivity contribution in [3.8, 4) is 5.82 Å². The maximum atomic E-state index is 12.8. The Labute approximate surface area is 209 Å². The Morgan fingerprint density at radius 3 is 2.51 bits per heavy atom. The van der Waals surface area contributed by atoms with Gasteiger partial charge >= 0.3 is 0 Å². The molecular formula is C27H26N6OS. The van der Waals surface area contributed by atoms with E-state index in [0.29, 0.717) is 18.1 Å². The summed E-state index contributed by atoms with van der Waals surface area (Å²) < 4.78 is 2.07. The molecule has 0 aliphatic carbocycles. The molecule has 0 bridgehead atoms. The summed E-state index contributed by atoms with van der Waals surface area (Å²) in [6.07, 6.45) is 5.86. The lowest BCUT2D eigenvalue weighted by Crippen LogP contribution is -2.33. The lowest BCUT2D eigenvalue weighted by Gasteiger charge is -2.28. The second-order valence-electron chi connectivity index (χ2n) is 8.42. The van der Waals surface area contributed by atoms with Crippen molar-refractivity contribution in [3.05, 3.63) is 108 Å². The zero-order valence-corrected chi connectivity index (χ0v) is 20.2. The topological polar surface area (TPSA) is 75.1 Å². The zero-order valence-electron chi connectivity index (χ0n) is 19.3. The van der Waals surface area contributed by atoms with Crippen molar-refractivity contribution in [3.63, 3.8) is 0 Å². The lowest BCUT2D eigenvalue weighted by atomic mass is 10.0. The van der Waals surface area contributed by atoms with Crippen LogP contribution >= 0.6 is 12.2 Å². The van der Waals surface area contributed by atoms with Crippen LogP contribution in [0.15, 0.2) is 91.4 Å². The number of pyridine rings is 2. The summed E-state index contributed by atoms with van der Waals surface area (Å²) in [5, 5.41) is 7.07. The number of para-hydroxylation sites is 1. The Morgan fingerprint density at radius 2 is 1.77 bits per heavy atom. The second kappa shape index (κ2) is 10.1. The number of benzene rings is 1. The maximum Gasteiger partial charge on any atom is 0.226 e. The SMILES string of the molecule is Cc1ccccc1NC(=O)CCN1C(=S)N[C@H](c2ccccn2)[C@@H]1c1cccn1-c1ccccn1. The van der Waals surface area contributed by atoms with E-state index in [4.69, 9.17) is 12.2 Å². The molecule has 0 unspecified atom stereocenters. The van der Waals surface area contributed by atoms with E-state index in [2.05, 4.69) is 36.1 Å². The van der Waals surface area contributed by atoms with Crippen LogP contribution < -0.4 is 10.6 Å². The Bertz CT molecular complexity index is 1320. The first kappa shape index (κ1) is 22.7. The van der Waals surface area contributed by atoms with E-state index in [1.165, 1.54) is 0 Å². The molecule has 176 valence electrons. The third kappa shape index (κ3) is 4.79. The van der Waals surface area contributed by atoms with Gasteiger partial charge < -0.3 is 20.1 Å². The van der Waals surface area contributed by atoms with Gasteiger partial charge in [0.15, 0.2) is 5.11 Å². The molecule has 1 fully saturated rings. The predicted molar refractivity (Wildman–Crippen MR) is 140 cm³/mol. The van der Waals surface area contributed by atoms with Crippen LogP contribution in [0.1, 0.15) is 35.5 Å². The molecule has 1 aliphatic heterocycles. The molecule has 1 amide bonds.